The lowest BCUT2D eigenvalue weighted by molar-refractivity contribution is -0.117. The second kappa shape index (κ2) is 23.5. The summed E-state index contributed by atoms with van der Waals surface area (Å²) in [6.45, 7) is 4.02. The molecule has 63 heavy (non-hydrogen) atoms. The maximum atomic E-state index is 12.2. The van der Waals surface area contributed by atoms with Crippen LogP contribution in [0.4, 0.5) is 31.2 Å². The lowest BCUT2D eigenvalue weighted by atomic mass is 10.1. The van der Waals surface area contributed by atoms with Gasteiger partial charge in [0, 0.05) is 71.1 Å². The van der Waals surface area contributed by atoms with Crippen LogP contribution in [0.1, 0.15) is 65.6 Å². The van der Waals surface area contributed by atoms with Gasteiger partial charge in [-0.15, -0.1) is 22.7 Å². The summed E-state index contributed by atoms with van der Waals surface area (Å²) in [4.78, 5) is 78.6. The minimum Gasteiger partial charge on any atom is -0.450 e. The number of benzene rings is 2. The maximum absolute atomic E-state index is 12.2. The molecule has 22 nitrogen and oxygen atoms in total. The highest BCUT2D eigenvalue weighted by Gasteiger charge is 2.16. The van der Waals surface area contributed by atoms with Crippen molar-refractivity contribution < 1.29 is 57.7 Å². The number of rotatable bonds is 17. The SMILES string of the molecule is CCOC(=O)Nc1ccc(-c2csc(NC(=O)CCCc3cc(C(=O)NO)no3)n2)cc1.CCOC(=O)Nc1cccc(-c2csc(NC(=O)CCc3cc(C(=O)NO)no3)n2)c1. The molecule has 0 spiro atoms. The number of ether oxygens (including phenoxy) is 2. The fourth-order valence-corrected chi connectivity index (χ4v) is 6.66. The van der Waals surface area contributed by atoms with Crippen LogP contribution in [0.15, 0.2) is 80.5 Å². The zero-order valence-corrected chi connectivity index (χ0v) is 35.1. The zero-order chi connectivity index (χ0) is 45.1. The number of anilines is 4. The molecule has 0 aliphatic rings. The number of hydroxylamine groups is 2. The van der Waals surface area contributed by atoms with E-state index >= 15 is 0 Å². The van der Waals surface area contributed by atoms with Crippen molar-refractivity contribution in [3.63, 3.8) is 0 Å². The molecule has 4 aromatic heterocycles. The van der Waals surface area contributed by atoms with Gasteiger partial charge in [0.15, 0.2) is 21.7 Å². The number of amides is 6. The van der Waals surface area contributed by atoms with Crippen LogP contribution in [-0.2, 0) is 31.9 Å². The summed E-state index contributed by atoms with van der Waals surface area (Å²) in [6, 6.07) is 16.9. The molecule has 2 aromatic carbocycles. The first-order chi connectivity index (χ1) is 30.5. The van der Waals surface area contributed by atoms with Crippen LogP contribution >= 0.6 is 22.7 Å². The second-order valence-corrected chi connectivity index (χ2v) is 14.3. The monoisotopic (exact) mass is 904 g/mol. The normalized spacial score (nSPS) is 10.4. The Bertz CT molecular complexity index is 2500. The van der Waals surface area contributed by atoms with E-state index < -0.39 is 24.0 Å². The molecule has 0 unspecified atom stereocenters. The minimum atomic E-state index is -0.795. The molecule has 330 valence electrons. The van der Waals surface area contributed by atoms with E-state index in [-0.39, 0.29) is 49.1 Å². The summed E-state index contributed by atoms with van der Waals surface area (Å²) in [7, 11) is 0. The topological polar surface area (TPSA) is 311 Å². The second-order valence-electron chi connectivity index (χ2n) is 12.6. The predicted octanol–water partition coefficient (Wildman–Crippen LogP) is 6.50. The maximum Gasteiger partial charge on any atom is 0.411 e. The third-order valence-electron chi connectivity index (χ3n) is 8.10. The molecule has 0 saturated heterocycles. The molecular formula is C39H40N10O12S2. The van der Waals surface area contributed by atoms with Gasteiger partial charge in [0.2, 0.25) is 11.8 Å². The van der Waals surface area contributed by atoms with Crippen molar-refractivity contribution in [3.8, 4) is 22.5 Å². The molecule has 6 amide bonds. The number of hydrogen-bond acceptors (Lipinski definition) is 18. The van der Waals surface area contributed by atoms with Gasteiger partial charge in [-0.1, -0.05) is 34.6 Å². The van der Waals surface area contributed by atoms with Gasteiger partial charge in [0.25, 0.3) is 11.8 Å². The molecule has 4 heterocycles. The Morgan fingerprint density at radius 3 is 1.70 bits per heavy atom. The van der Waals surface area contributed by atoms with E-state index in [2.05, 4.69) is 41.5 Å². The highest BCUT2D eigenvalue weighted by Crippen LogP contribution is 2.28. The third-order valence-corrected chi connectivity index (χ3v) is 9.61. The van der Waals surface area contributed by atoms with E-state index in [0.29, 0.717) is 64.0 Å². The summed E-state index contributed by atoms with van der Waals surface area (Å²) < 4.78 is 19.6. The Balaban J connectivity index is 0.000000238. The average Bonchev–Trinajstić information content (AvgIpc) is 4.12. The largest absolute Gasteiger partial charge is 0.450 e. The lowest BCUT2D eigenvalue weighted by Crippen LogP contribution is -2.18. The first kappa shape index (κ1) is 46.5. The van der Waals surface area contributed by atoms with Crippen LogP contribution in [0.5, 0.6) is 0 Å². The first-order valence-electron chi connectivity index (χ1n) is 18.9. The van der Waals surface area contributed by atoms with E-state index in [1.54, 1.807) is 49.6 Å². The Morgan fingerprint density at radius 2 is 1.14 bits per heavy atom. The van der Waals surface area contributed by atoms with Gasteiger partial charge in [-0.05, 0) is 44.5 Å². The van der Waals surface area contributed by atoms with Crippen molar-refractivity contribution in [2.75, 3.05) is 34.5 Å². The van der Waals surface area contributed by atoms with Crippen molar-refractivity contribution in [3.05, 3.63) is 94.3 Å². The van der Waals surface area contributed by atoms with Crippen molar-refractivity contribution in [1.82, 2.24) is 31.2 Å². The predicted molar refractivity (Wildman–Crippen MR) is 226 cm³/mol. The quantitative estimate of drug-likeness (QED) is 0.0357. The van der Waals surface area contributed by atoms with Gasteiger partial charge in [-0.2, -0.15) is 0 Å². The standard InChI is InChI=1S/C20H21N5O6S.C19H19N5O6S/c1-2-30-20(28)21-13-8-6-12(7-9-13)16-11-32-19(22-16)23-17(26)5-3-4-14-10-15(25-31-14)18(27)24-29;1-2-29-19(27)20-12-5-3-4-11(8-12)15-10-31-18(21-15)22-16(25)7-6-13-9-14(24-30-13)17(26)23-28/h6-11,29H,2-5H2,1H3,(H,21,28)(H,24,27)(H,22,23,26);3-5,8-10,28H,2,6-7H2,1H3,(H,20,27)(H,23,26)(H,21,22,25). The highest BCUT2D eigenvalue weighted by atomic mass is 32.1. The van der Waals surface area contributed by atoms with Crippen LogP contribution in [-0.4, -0.2) is 79.7 Å². The summed E-state index contributed by atoms with van der Waals surface area (Å²) in [5.74, 6) is -1.28. The van der Waals surface area contributed by atoms with E-state index in [9.17, 15) is 28.8 Å². The summed E-state index contributed by atoms with van der Waals surface area (Å²) in [5.41, 5.74) is 6.92. The Hall–Kier alpha value is -7.54. The van der Waals surface area contributed by atoms with Crippen LogP contribution in [0.2, 0.25) is 0 Å². The lowest BCUT2D eigenvalue weighted by Gasteiger charge is -2.06. The Labute approximate surface area is 365 Å². The van der Waals surface area contributed by atoms with Gasteiger partial charge in [-0.3, -0.25) is 40.2 Å². The van der Waals surface area contributed by atoms with Crippen LogP contribution < -0.4 is 32.2 Å². The molecule has 0 atom stereocenters. The van der Waals surface area contributed by atoms with Crippen molar-refractivity contribution in [1.29, 1.82) is 0 Å². The van der Waals surface area contributed by atoms with Crippen molar-refractivity contribution in [2.45, 2.75) is 46.0 Å². The summed E-state index contributed by atoms with van der Waals surface area (Å²) in [5, 5.41) is 39.4. The molecule has 0 bridgehead atoms. The molecular weight excluding hydrogens is 865 g/mol. The van der Waals surface area contributed by atoms with Gasteiger partial charge in [0.05, 0.1) is 24.6 Å². The molecule has 0 saturated carbocycles. The van der Waals surface area contributed by atoms with E-state index in [1.807, 2.05) is 23.6 Å². The highest BCUT2D eigenvalue weighted by molar-refractivity contribution is 7.14. The first-order valence-corrected chi connectivity index (χ1v) is 20.6. The number of carbonyl (C=O) groups excluding carboxylic acids is 6. The Morgan fingerprint density at radius 1 is 0.619 bits per heavy atom. The number of aryl methyl sites for hydroxylation is 2. The molecule has 0 aliphatic carbocycles. The smallest absolute Gasteiger partial charge is 0.411 e. The molecule has 6 rings (SSSR count). The van der Waals surface area contributed by atoms with Crippen LogP contribution in [0.3, 0.4) is 0 Å². The van der Waals surface area contributed by atoms with Gasteiger partial charge >= 0.3 is 12.2 Å². The van der Waals surface area contributed by atoms with E-state index in [1.165, 1.54) is 45.8 Å². The molecule has 0 radical (unpaired) electrons. The molecule has 0 aliphatic heterocycles. The average molecular weight is 905 g/mol. The molecule has 0 fully saturated rings. The van der Waals surface area contributed by atoms with E-state index in [4.69, 9.17) is 28.9 Å². The molecule has 6 aromatic rings. The van der Waals surface area contributed by atoms with Gasteiger partial charge in [-0.25, -0.2) is 30.5 Å². The number of carbonyl (C=O) groups is 6. The van der Waals surface area contributed by atoms with Crippen molar-refractivity contribution in [2.24, 2.45) is 0 Å². The fraction of sp³-hybridized carbons (Fsp3) is 0.231. The summed E-state index contributed by atoms with van der Waals surface area (Å²) in [6.07, 6.45) is 0.370. The van der Waals surface area contributed by atoms with Crippen molar-refractivity contribution >= 4 is 80.1 Å². The third kappa shape index (κ3) is 14.6. The Kier molecular flexibility index (Phi) is 17.3. The van der Waals surface area contributed by atoms with Crippen LogP contribution in [0.25, 0.3) is 22.5 Å². The van der Waals surface area contributed by atoms with E-state index in [0.717, 1.165) is 11.1 Å². The van der Waals surface area contributed by atoms with Gasteiger partial charge < -0.3 is 29.2 Å². The fourth-order valence-electron chi connectivity index (χ4n) is 5.19. The zero-order valence-electron chi connectivity index (χ0n) is 33.5. The number of nitrogens with zero attached hydrogens (tertiary/aromatic N) is 4. The number of nitrogens with one attached hydrogen (secondary N) is 6. The number of aromatic nitrogens is 4. The van der Waals surface area contributed by atoms with Crippen LogP contribution in [0, 0.1) is 0 Å². The van der Waals surface area contributed by atoms with Gasteiger partial charge in [0.1, 0.15) is 11.5 Å². The molecule has 8 N–H and O–H groups in total. The summed E-state index contributed by atoms with van der Waals surface area (Å²) >= 11 is 2.57. The number of hydrogen-bond donors (Lipinski definition) is 8. The molecule has 24 heteroatoms. The minimum absolute atomic E-state index is 0.0352. The number of thiazole rings is 2.